The Hall–Kier alpha value is -3.03. The molecule has 3 rings (SSSR count). The van der Waals surface area contributed by atoms with Crippen molar-refractivity contribution in [3.63, 3.8) is 0 Å². The average molecular weight is 398 g/mol. The monoisotopic (exact) mass is 397 g/mol. The summed E-state index contributed by atoms with van der Waals surface area (Å²) in [7, 11) is -2.36. The molecule has 3 aromatic rings. The van der Waals surface area contributed by atoms with E-state index in [1.54, 1.807) is 48.5 Å². The van der Waals surface area contributed by atoms with Gasteiger partial charge in [0.2, 0.25) is 10.0 Å². The summed E-state index contributed by atoms with van der Waals surface area (Å²) in [5, 5.41) is 0. The number of anilines is 2. The zero-order valence-electron chi connectivity index (χ0n) is 15.6. The topological polar surface area (TPSA) is 98.7 Å². The van der Waals surface area contributed by atoms with Crippen LogP contribution in [-0.2, 0) is 23.1 Å². The molecule has 0 spiro atoms. The minimum Gasteiger partial charge on any atom is -0.495 e. The van der Waals surface area contributed by atoms with E-state index in [-0.39, 0.29) is 18.0 Å². The van der Waals surface area contributed by atoms with E-state index < -0.39 is 10.0 Å². The van der Waals surface area contributed by atoms with Crippen molar-refractivity contribution in [3.05, 3.63) is 83.9 Å². The van der Waals surface area contributed by atoms with Crippen LogP contribution in [0, 0.1) is 0 Å². The highest BCUT2D eigenvalue weighted by molar-refractivity contribution is 7.89. The summed E-state index contributed by atoms with van der Waals surface area (Å²) in [4.78, 5) is 0.128. The van der Waals surface area contributed by atoms with Gasteiger partial charge in [0.05, 0.1) is 7.11 Å². The second kappa shape index (κ2) is 8.33. The number of nitrogens with two attached hydrogens (primary N) is 2. The van der Waals surface area contributed by atoms with Crippen LogP contribution < -0.4 is 16.2 Å². The Bertz CT molecular complexity index is 986. The van der Waals surface area contributed by atoms with E-state index in [2.05, 4.69) is 0 Å². The van der Waals surface area contributed by atoms with Crippen LogP contribution in [0.1, 0.15) is 11.1 Å². The van der Waals surface area contributed by atoms with Crippen LogP contribution in [-0.4, -0.2) is 19.8 Å². The molecule has 4 N–H and O–H groups in total. The number of rotatable bonds is 7. The Morgan fingerprint density at radius 2 is 1.25 bits per heavy atom. The molecule has 3 aromatic carbocycles. The number of methoxy groups -OCH3 is 1. The maximum Gasteiger partial charge on any atom is 0.247 e. The normalized spacial score (nSPS) is 11.5. The lowest BCUT2D eigenvalue weighted by atomic mass is 10.2. The Morgan fingerprint density at radius 1 is 0.786 bits per heavy atom. The lowest BCUT2D eigenvalue weighted by Crippen LogP contribution is -2.30. The second-order valence-electron chi connectivity index (χ2n) is 6.41. The highest BCUT2D eigenvalue weighted by atomic mass is 32.2. The lowest BCUT2D eigenvalue weighted by Gasteiger charge is -2.23. The van der Waals surface area contributed by atoms with Gasteiger partial charge in [0.1, 0.15) is 10.6 Å². The summed E-state index contributed by atoms with van der Waals surface area (Å²) in [5.74, 6) is 0.308. The van der Waals surface area contributed by atoms with Gasteiger partial charge in [0.15, 0.2) is 0 Å². The molecule has 0 saturated carbocycles. The maximum atomic E-state index is 13.5. The first-order valence-corrected chi connectivity index (χ1v) is 10.2. The summed E-state index contributed by atoms with van der Waals surface area (Å²) in [6, 6.07) is 20.9. The molecule has 6 nitrogen and oxygen atoms in total. The van der Waals surface area contributed by atoms with Gasteiger partial charge < -0.3 is 16.2 Å². The molecular weight excluding hydrogens is 374 g/mol. The summed E-state index contributed by atoms with van der Waals surface area (Å²) in [6.45, 7) is 0.399. The van der Waals surface area contributed by atoms with Gasteiger partial charge in [0, 0.05) is 24.5 Å². The lowest BCUT2D eigenvalue weighted by molar-refractivity contribution is 0.383. The minimum absolute atomic E-state index is 0.128. The number of nitrogen functional groups attached to an aromatic ring is 2. The van der Waals surface area contributed by atoms with E-state index in [0.717, 1.165) is 11.1 Å². The quantitative estimate of drug-likeness (QED) is 0.596. The van der Waals surface area contributed by atoms with Crippen molar-refractivity contribution in [2.24, 2.45) is 0 Å². The van der Waals surface area contributed by atoms with Crippen LogP contribution >= 0.6 is 0 Å². The Balaban J connectivity index is 2.00. The molecule has 7 heteroatoms. The zero-order valence-corrected chi connectivity index (χ0v) is 16.4. The first-order valence-electron chi connectivity index (χ1n) is 8.72. The van der Waals surface area contributed by atoms with Crippen molar-refractivity contribution in [1.29, 1.82) is 0 Å². The average Bonchev–Trinajstić information content (AvgIpc) is 2.70. The van der Waals surface area contributed by atoms with Crippen molar-refractivity contribution in [3.8, 4) is 5.75 Å². The zero-order chi connectivity index (χ0) is 20.1. The Labute approximate surface area is 165 Å². The second-order valence-corrected chi connectivity index (χ2v) is 8.31. The highest BCUT2D eigenvalue weighted by Gasteiger charge is 2.28. The Kier molecular flexibility index (Phi) is 5.87. The summed E-state index contributed by atoms with van der Waals surface area (Å²) in [6.07, 6.45) is 0. The SMILES string of the molecule is COc1ccccc1S(=O)(=O)N(Cc1ccc(N)cc1)Cc1ccc(N)cc1. The van der Waals surface area contributed by atoms with Crippen LogP contribution in [0.5, 0.6) is 5.75 Å². The minimum atomic E-state index is -3.81. The Morgan fingerprint density at radius 3 is 1.71 bits per heavy atom. The third-order valence-corrected chi connectivity index (χ3v) is 6.20. The molecule has 0 saturated heterocycles. The molecule has 0 unspecified atom stereocenters. The van der Waals surface area contributed by atoms with Crippen molar-refractivity contribution >= 4 is 21.4 Å². The molecule has 0 aliphatic heterocycles. The molecule has 146 valence electrons. The molecule has 0 heterocycles. The number of hydrogen-bond donors (Lipinski definition) is 2. The van der Waals surface area contributed by atoms with E-state index in [0.29, 0.717) is 17.1 Å². The fourth-order valence-electron chi connectivity index (χ4n) is 2.85. The van der Waals surface area contributed by atoms with Gasteiger partial charge >= 0.3 is 0 Å². The van der Waals surface area contributed by atoms with Gasteiger partial charge in [-0.25, -0.2) is 8.42 Å². The molecule has 0 radical (unpaired) electrons. The molecule has 0 bridgehead atoms. The van der Waals surface area contributed by atoms with Crippen LogP contribution in [0.25, 0.3) is 0 Å². The molecule has 0 amide bonds. The van der Waals surface area contributed by atoms with Crippen molar-refractivity contribution < 1.29 is 13.2 Å². The van der Waals surface area contributed by atoms with Gasteiger partial charge in [-0.1, -0.05) is 36.4 Å². The van der Waals surface area contributed by atoms with Crippen LogP contribution in [0.4, 0.5) is 11.4 Å². The van der Waals surface area contributed by atoms with E-state index in [1.165, 1.54) is 11.4 Å². The fraction of sp³-hybridized carbons (Fsp3) is 0.143. The number of ether oxygens (including phenoxy) is 1. The molecule has 28 heavy (non-hydrogen) atoms. The molecule has 0 aliphatic rings. The summed E-state index contributed by atoms with van der Waals surface area (Å²) < 4.78 is 33.6. The van der Waals surface area contributed by atoms with Crippen molar-refractivity contribution in [1.82, 2.24) is 4.31 Å². The number of sulfonamides is 1. The van der Waals surface area contributed by atoms with Crippen LogP contribution in [0.15, 0.2) is 77.7 Å². The van der Waals surface area contributed by atoms with Gasteiger partial charge in [-0.15, -0.1) is 0 Å². The van der Waals surface area contributed by atoms with Gasteiger partial charge in [-0.3, -0.25) is 0 Å². The number of nitrogens with zero attached hydrogens (tertiary/aromatic N) is 1. The third kappa shape index (κ3) is 4.44. The first-order chi connectivity index (χ1) is 13.4. The molecular formula is C21H23N3O3S. The van der Waals surface area contributed by atoms with E-state index >= 15 is 0 Å². The highest BCUT2D eigenvalue weighted by Crippen LogP contribution is 2.28. The van der Waals surface area contributed by atoms with E-state index in [4.69, 9.17) is 16.2 Å². The number of para-hydroxylation sites is 1. The summed E-state index contributed by atoms with van der Waals surface area (Å²) in [5.41, 5.74) is 14.4. The maximum absolute atomic E-state index is 13.5. The molecule has 0 aliphatic carbocycles. The van der Waals surface area contributed by atoms with Crippen LogP contribution in [0.3, 0.4) is 0 Å². The van der Waals surface area contributed by atoms with Crippen LogP contribution in [0.2, 0.25) is 0 Å². The van der Waals surface area contributed by atoms with E-state index in [9.17, 15) is 8.42 Å². The van der Waals surface area contributed by atoms with Crippen molar-refractivity contribution in [2.75, 3.05) is 18.6 Å². The predicted molar refractivity (Wildman–Crippen MR) is 111 cm³/mol. The molecule has 0 fully saturated rings. The molecule has 0 atom stereocenters. The first kappa shape index (κ1) is 19.7. The van der Waals surface area contributed by atoms with Gasteiger partial charge in [-0.05, 0) is 47.5 Å². The van der Waals surface area contributed by atoms with Gasteiger partial charge in [-0.2, -0.15) is 4.31 Å². The summed E-state index contributed by atoms with van der Waals surface area (Å²) >= 11 is 0. The third-order valence-electron chi connectivity index (χ3n) is 4.36. The standard InChI is InChI=1S/C21H23N3O3S/c1-27-20-4-2-3-5-21(20)28(25,26)24(14-16-6-10-18(22)11-7-16)15-17-8-12-19(23)13-9-17/h2-13H,14-15,22-23H2,1H3. The number of hydrogen-bond acceptors (Lipinski definition) is 5. The molecule has 0 aromatic heterocycles. The van der Waals surface area contributed by atoms with Gasteiger partial charge in [0.25, 0.3) is 0 Å². The smallest absolute Gasteiger partial charge is 0.247 e. The fourth-order valence-corrected chi connectivity index (χ4v) is 4.42. The largest absolute Gasteiger partial charge is 0.495 e. The van der Waals surface area contributed by atoms with E-state index in [1.807, 2.05) is 24.3 Å². The predicted octanol–water partition coefficient (Wildman–Crippen LogP) is 3.25. The van der Waals surface area contributed by atoms with Crippen molar-refractivity contribution in [2.45, 2.75) is 18.0 Å². The number of benzene rings is 3.